The smallest absolute Gasteiger partial charge is 0.152 e. The lowest BCUT2D eigenvalue weighted by Crippen LogP contribution is -2.07. The molecule has 0 spiro atoms. The van der Waals surface area contributed by atoms with Gasteiger partial charge in [-0.2, -0.15) is 0 Å². The largest absolute Gasteiger partial charge is 0.385 e. The van der Waals surface area contributed by atoms with E-state index in [1.54, 1.807) is 6.08 Å². The maximum atomic E-state index is 10.4. The molecule has 4 heteroatoms. The zero-order valence-corrected chi connectivity index (χ0v) is 9.30. The molecule has 15 heavy (non-hydrogen) atoms. The fourth-order valence-electron chi connectivity index (χ4n) is 1.25. The van der Waals surface area contributed by atoms with Gasteiger partial charge in [0, 0.05) is 12.2 Å². The number of anilines is 1. The minimum atomic E-state index is -1.69. The Morgan fingerprint density at radius 1 is 1.47 bits per heavy atom. The summed E-state index contributed by atoms with van der Waals surface area (Å²) in [5, 5.41) is 3.20. The molecule has 1 unspecified atom stereocenters. The van der Waals surface area contributed by atoms with Gasteiger partial charge in [-0.05, 0) is 18.1 Å². The van der Waals surface area contributed by atoms with Gasteiger partial charge in [0.2, 0.25) is 0 Å². The summed E-state index contributed by atoms with van der Waals surface area (Å²) in [6.45, 7) is 4.41. The van der Waals surface area contributed by atoms with Gasteiger partial charge < -0.3 is 9.87 Å². The van der Waals surface area contributed by atoms with Crippen LogP contribution in [0.3, 0.4) is 0 Å². The van der Waals surface area contributed by atoms with E-state index < -0.39 is 11.1 Å². The Balaban J connectivity index is 2.43. The lowest BCUT2D eigenvalue weighted by Gasteiger charge is -2.08. The Hall–Kier alpha value is -1.13. The van der Waals surface area contributed by atoms with Gasteiger partial charge in [-0.1, -0.05) is 30.9 Å². The molecule has 0 fully saturated rings. The van der Waals surface area contributed by atoms with Crippen molar-refractivity contribution in [2.45, 2.75) is 6.42 Å². The SMILES string of the molecule is C=Cc1ccccc1NCCCS(=O)O. The van der Waals surface area contributed by atoms with E-state index in [4.69, 9.17) is 4.55 Å². The van der Waals surface area contributed by atoms with Gasteiger partial charge in [-0.15, -0.1) is 0 Å². The van der Waals surface area contributed by atoms with Crippen molar-refractivity contribution in [3.8, 4) is 0 Å². The molecule has 0 aromatic heterocycles. The van der Waals surface area contributed by atoms with E-state index in [0.717, 1.165) is 11.3 Å². The molecular weight excluding hydrogens is 210 g/mol. The van der Waals surface area contributed by atoms with Crippen molar-refractivity contribution in [3.05, 3.63) is 36.4 Å². The predicted octanol–water partition coefficient (Wildman–Crippen LogP) is 2.35. The molecule has 0 aliphatic heterocycles. The Morgan fingerprint density at radius 3 is 2.87 bits per heavy atom. The topological polar surface area (TPSA) is 49.3 Å². The van der Waals surface area contributed by atoms with Crippen LogP contribution in [0.5, 0.6) is 0 Å². The molecule has 3 nitrogen and oxygen atoms in total. The summed E-state index contributed by atoms with van der Waals surface area (Å²) in [6, 6.07) is 7.83. The van der Waals surface area contributed by atoms with E-state index >= 15 is 0 Å². The van der Waals surface area contributed by atoms with Crippen LogP contribution in [-0.2, 0) is 11.1 Å². The number of nitrogens with one attached hydrogen (secondary N) is 1. The number of para-hydroxylation sites is 1. The second kappa shape index (κ2) is 6.37. The van der Waals surface area contributed by atoms with Gasteiger partial charge in [0.1, 0.15) is 0 Å². The Kier molecular flexibility index (Phi) is 5.07. The highest BCUT2D eigenvalue weighted by molar-refractivity contribution is 7.79. The highest BCUT2D eigenvalue weighted by atomic mass is 32.2. The van der Waals surface area contributed by atoms with Gasteiger partial charge in [0.25, 0.3) is 0 Å². The van der Waals surface area contributed by atoms with Crippen molar-refractivity contribution in [2.24, 2.45) is 0 Å². The van der Waals surface area contributed by atoms with Crippen LogP contribution in [0.1, 0.15) is 12.0 Å². The molecule has 0 heterocycles. The Morgan fingerprint density at radius 2 is 2.20 bits per heavy atom. The molecule has 0 bridgehead atoms. The molecule has 0 aliphatic rings. The van der Waals surface area contributed by atoms with Crippen molar-refractivity contribution in [1.29, 1.82) is 0 Å². The van der Waals surface area contributed by atoms with Crippen LogP contribution in [-0.4, -0.2) is 21.1 Å². The van der Waals surface area contributed by atoms with Gasteiger partial charge in [0.15, 0.2) is 11.1 Å². The van der Waals surface area contributed by atoms with Crippen LogP contribution >= 0.6 is 0 Å². The van der Waals surface area contributed by atoms with E-state index in [1.165, 1.54) is 0 Å². The highest BCUT2D eigenvalue weighted by Gasteiger charge is 1.97. The van der Waals surface area contributed by atoms with E-state index in [0.29, 0.717) is 18.7 Å². The maximum Gasteiger partial charge on any atom is 0.152 e. The second-order valence-electron chi connectivity index (χ2n) is 3.10. The molecule has 1 aromatic carbocycles. The molecule has 1 atom stereocenters. The van der Waals surface area contributed by atoms with Crippen LogP contribution in [0.4, 0.5) is 5.69 Å². The lowest BCUT2D eigenvalue weighted by molar-refractivity contribution is 0.562. The van der Waals surface area contributed by atoms with Crippen LogP contribution in [0, 0.1) is 0 Å². The summed E-state index contributed by atoms with van der Waals surface area (Å²) >= 11 is -1.69. The van der Waals surface area contributed by atoms with Crippen LogP contribution in [0.15, 0.2) is 30.8 Å². The summed E-state index contributed by atoms with van der Waals surface area (Å²) in [6.07, 6.45) is 2.46. The van der Waals surface area contributed by atoms with Crippen molar-refractivity contribution >= 4 is 22.8 Å². The van der Waals surface area contributed by atoms with Crippen molar-refractivity contribution < 1.29 is 8.76 Å². The lowest BCUT2D eigenvalue weighted by atomic mass is 10.2. The third-order valence-electron chi connectivity index (χ3n) is 1.99. The minimum Gasteiger partial charge on any atom is -0.385 e. The summed E-state index contributed by atoms with van der Waals surface area (Å²) < 4.78 is 19.0. The molecule has 0 aliphatic carbocycles. The number of hydrogen-bond acceptors (Lipinski definition) is 2. The molecule has 82 valence electrons. The van der Waals surface area contributed by atoms with Crippen molar-refractivity contribution in [3.63, 3.8) is 0 Å². The fraction of sp³-hybridized carbons (Fsp3) is 0.273. The first-order valence-electron chi connectivity index (χ1n) is 4.77. The van der Waals surface area contributed by atoms with Crippen molar-refractivity contribution in [2.75, 3.05) is 17.6 Å². The van der Waals surface area contributed by atoms with Crippen LogP contribution in [0.2, 0.25) is 0 Å². The van der Waals surface area contributed by atoms with E-state index in [2.05, 4.69) is 11.9 Å². The monoisotopic (exact) mass is 225 g/mol. The predicted molar refractivity (Wildman–Crippen MR) is 65.3 cm³/mol. The molecular formula is C11H15NO2S. The minimum absolute atomic E-state index is 0.309. The third-order valence-corrected chi connectivity index (χ3v) is 2.63. The number of hydrogen-bond donors (Lipinski definition) is 2. The summed E-state index contributed by atoms with van der Waals surface area (Å²) in [5.74, 6) is 0.309. The first kappa shape index (κ1) is 11.9. The average molecular weight is 225 g/mol. The Bertz CT molecular complexity index is 352. The number of benzene rings is 1. The summed E-state index contributed by atoms with van der Waals surface area (Å²) in [5.41, 5.74) is 2.05. The molecule has 0 saturated heterocycles. The molecule has 0 amide bonds. The second-order valence-corrected chi connectivity index (χ2v) is 4.15. The van der Waals surface area contributed by atoms with E-state index in [1.807, 2.05) is 24.3 Å². The van der Waals surface area contributed by atoms with E-state index in [-0.39, 0.29) is 0 Å². The summed E-state index contributed by atoms with van der Waals surface area (Å²) in [7, 11) is 0. The molecule has 2 N–H and O–H groups in total. The fourth-order valence-corrected chi connectivity index (χ4v) is 1.65. The van der Waals surface area contributed by atoms with E-state index in [9.17, 15) is 4.21 Å². The normalized spacial score (nSPS) is 12.1. The third kappa shape index (κ3) is 4.27. The molecule has 0 saturated carbocycles. The maximum absolute atomic E-state index is 10.4. The van der Waals surface area contributed by atoms with Gasteiger partial charge in [-0.25, -0.2) is 4.21 Å². The van der Waals surface area contributed by atoms with Crippen LogP contribution < -0.4 is 5.32 Å². The van der Waals surface area contributed by atoms with Gasteiger partial charge in [0.05, 0.1) is 5.75 Å². The highest BCUT2D eigenvalue weighted by Crippen LogP contribution is 2.15. The van der Waals surface area contributed by atoms with Crippen LogP contribution in [0.25, 0.3) is 6.08 Å². The quantitative estimate of drug-likeness (QED) is 0.577. The van der Waals surface area contributed by atoms with Gasteiger partial charge >= 0.3 is 0 Å². The summed E-state index contributed by atoms with van der Waals surface area (Å²) in [4.78, 5) is 0. The standard InChI is InChI=1S/C11H15NO2S/c1-2-10-6-3-4-7-11(10)12-8-5-9-15(13)14/h2-4,6-7,12H,1,5,8-9H2,(H,13,14). The first-order valence-corrected chi connectivity index (χ1v) is 6.04. The number of rotatable bonds is 6. The Labute approximate surface area is 92.5 Å². The molecule has 1 aromatic rings. The first-order chi connectivity index (χ1) is 7.24. The van der Waals surface area contributed by atoms with Gasteiger partial charge in [-0.3, -0.25) is 0 Å². The van der Waals surface area contributed by atoms with Crippen molar-refractivity contribution in [1.82, 2.24) is 0 Å². The average Bonchev–Trinajstić information content (AvgIpc) is 2.24. The molecule has 0 radical (unpaired) electrons. The molecule has 1 rings (SSSR count). The zero-order chi connectivity index (χ0) is 11.1. The zero-order valence-electron chi connectivity index (χ0n) is 8.48.